The predicted molar refractivity (Wildman–Crippen MR) is 150 cm³/mol. The van der Waals surface area contributed by atoms with E-state index in [0.29, 0.717) is 47.7 Å². The average molecular weight is 529 g/mol. The third-order valence-electron chi connectivity index (χ3n) is 5.60. The summed E-state index contributed by atoms with van der Waals surface area (Å²) in [4.78, 5) is 12.5. The number of benzene rings is 4. The van der Waals surface area contributed by atoms with E-state index in [1.807, 2.05) is 68.4 Å². The summed E-state index contributed by atoms with van der Waals surface area (Å²) >= 11 is 5.95. The number of nitrogens with one attached hydrogen (secondary N) is 1. The first-order chi connectivity index (χ1) is 18.5. The van der Waals surface area contributed by atoms with Gasteiger partial charge in [-0.3, -0.25) is 4.79 Å². The number of ether oxygens (including phenoxy) is 3. The maximum atomic E-state index is 12.5. The Morgan fingerprint density at radius 1 is 0.816 bits per heavy atom. The fourth-order valence-electron chi connectivity index (χ4n) is 3.52. The maximum Gasteiger partial charge on any atom is 0.271 e. The number of aryl methyl sites for hydroxylation is 1. The van der Waals surface area contributed by atoms with Crippen LogP contribution in [0.2, 0.25) is 5.02 Å². The molecule has 194 valence electrons. The van der Waals surface area contributed by atoms with E-state index >= 15 is 0 Å². The Morgan fingerprint density at radius 2 is 1.47 bits per heavy atom. The first kappa shape index (κ1) is 26.8. The Bertz CT molecular complexity index is 1370. The molecule has 0 radical (unpaired) electrons. The molecule has 0 heterocycles. The number of hydrogen-bond acceptors (Lipinski definition) is 5. The molecule has 1 amide bonds. The van der Waals surface area contributed by atoms with Crippen LogP contribution in [-0.2, 0) is 13.2 Å². The van der Waals surface area contributed by atoms with E-state index in [9.17, 15) is 4.79 Å². The van der Waals surface area contributed by atoms with Gasteiger partial charge >= 0.3 is 0 Å². The average Bonchev–Trinajstić information content (AvgIpc) is 2.93. The minimum Gasteiger partial charge on any atom is -0.490 e. The number of hydrogen-bond donors (Lipinski definition) is 1. The van der Waals surface area contributed by atoms with Gasteiger partial charge in [0.05, 0.1) is 12.8 Å². The third kappa shape index (κ3) is 7.85. The van der Waals surface area contributed by atoms with Crippen molar-refractivity contribution in [3.8, 4) is 17.2 Å². The smallest absolute Gasteiger partial charge is 0.271 e. The van der Waals surface area contributed by atoms with E-state index in [1.165, 1.54) is 5.56 Å². The van der Waals surface area contributed by atoms with E-state index < -0.39 is 0 Å². The molecule has 4 aromatic carbocycles. The van der Waals surface area contributed by atoms with Gasteiger partial charge in [0, 0.05) is 10.6 Å². The molecule has 0 aromatic heterocycles. The number of halogens is 1. The number of carbonyl (C=O) groups is 1. The van der Waals surface area contributed by atoms with Crippen molar-refractivity contribution in [3.63, 3.8) is 0 Å². The van der Waals surface area contributed by atoms with Gasteiger partial charge < -0.3 is 14.2 Å². The fraction of sp³-hybridized carbons (Fsp3) is 0.161. The van der Waals surface area contributed by atoms with E-state index in [2.05, 4.69) is 22.7 Å². The quantitative estimate of drug-likeness (QED) is 0.168. The molecule has 0 aliphatic rings. The molecule has 0 aliphatic carbocycles. The summed E-state index contributed by atoms with van der Waals surface area (Å²) in [5, 5.41) is 4.77. The molecule has 0 bridgehead atoms. The lowest BCUT2D eigenvalue weighted by Gasteiger charge is -2.12. The van der Waals surface area contributed by atoms with Crippen molar-refractivity contribution in [1.29, 1.82) is 0 Å². The second kappa shape index (κ2) is 13.3. The number of hydrazone groups is 1. The Morgan fingerprint density at radius 3 is 2.16 bits per heavy atom. The largest absolute Gasteiger partial charge is 0.490 e. The van der Waals surface area contributed by atoms with Gasteiger partial charge in [0.1, 0.15) is 19.0 Å². The lowest BCUT2D eigenvalue weighted by atomic mass is 10.2. The third-order valence-corrected chi connectivity index (χ3v) is 5.85. The summed E-state index contributed by atoms with van der Waals surface area (Å²) in [5.41, 5.74) is 7.07. The summed E-state index contributed by atoms with van der Waals surface area (Å²) in [5.74, 6) is 1.58. The molecule has 0 fully saturated rings. The number of carbonyl (C=O) groups excluding carboxylic acids is 1. The van der Waals surface area contributed by atoms with Gasteiger partial charge in [-0.05, 0) is 85.1 Å². The Balaban J connectivity index is 1.31. The maximum absolute atomic E-state index is 12.5. The zero-order chi connectivity index (χ0) is 26.7. The second-order valence-corrected chi connectivity index (χ2v) is 8.99. The van der Waals surface area contributed by atoms with E-state index in [0.717, 1.165) is 16.7 Å². The molecule has 4 aromatic rings. The highest BCUT2D eigenvalue weighted by molar-refractivity contribution is 6.30. The molecule has 0 spiro atoms. The van der Waals surface area contributed by atoms with Crippen molar-refractivity contribution in [2.45, 2.75) is 27.1 Å². The minimum absolute atomic E-state index is 0.320. The number of nitrogens with zero attached hydrogens (tertiary/aromatic N) is 1. The topological polar surface area (TPSA) is 69.2 Å². The monoisotopic (exact) mass is 528 g/mol. The Hall–Kier alpha value is -4.29. The van der Waals surface area contributed by atoms with Gasteiger partial charge in [-0.2, -0.15) is 5.10 Å². The molecular weight excluding hydrogens is 500 g/mol. The standard InChI is InChI=1S/C31H29ClN2O4/c1-3-36-30-18-25(10-17-29(30)38-21-24-8-13-27(32)14-9-24)19-33-34-31(35)26-11-15-28(16-12-26)37-20-23-6-4-22(2)5-7-23/h4-19H,3,20-21H2,1-2H3,(H,34,35). The summed E-state index contributed by atoms with van der Waals surface area (Å²) in [6.07, 6.45) is 1.56. The van der Waals surface area contributed by atoms with Crippen molar-refractivity contribution >= 4 is 23.7 Å². The zero-order valence-electron chi connectivity index (χ0n) is 21.3. The van der Waals surface area contributed by atoms with E-state index in [-0.39, 0.29) is 5.91 Å². The summed E-state index contributed by atoms with van der Waals surface area (Å²) in [6.45, 7) is 5.29. The van der Waals surface area contributed by atoms with Crippen molar-refractivity contribution in [2.24, 2.45) is 5.10 Å². The van der Waals surface area contributed by atoms with Crippen LogP contribution in [-0.4, -0.2) is 18.7 Å². The van der Waals surface area contributed by atoms with Crippen LogP contribution >= 0.6 is 11.6 Å². The van der Waals surface area contributed by atoms with Gasteiger partial charge in [-0.25, -0.2) is 5.43 Å². The van der Waals surface area contributed by atoms with Crippen LogP contribution in [0.5, 0.6) is 17.2 Å². The molecule has 0 unspecified atom stereocenters. The highest BCUT2D eigenvalue weighted by Gasteiger charge is 2.08. The van der Waals surface area contributed by atoms with Crippen LogP contribution in [0.25, 0.3) is 0 Å². The fourth-order valence-corrected chi connectivity index (χ4v) is 3.64. The summed E-state index contributed by atoms with van der Waals surface area (Å²) in [6, 6.07) is 28.1. The molecule has 1 N–H and O–H groups in total. The summed E-state index contributed by atoms with van der Waals surface area (Å²) in [7, 11) is 0. The van der Waals surface area contributed by atoms with Crippen molar-refractivity contribution in [3.05, 3.63) is 124 Å². The molecule has 0 aliphatic heterocycles. The Labute approximate surface area is 227 Å². The highest BCUT2D eigenvalue weighted by atomic mass is 35.5. The summed E-state index contributed by atoms with van der Waals surface area (Å²) < 4.78 is 17.5. The first-order valence-corrected chi connectivity index (χ1v) is 12.6. The van der Waals surface area contributed by atoms with Crippen molar-refractivity contribution in [1.82, 2.24) is 5.43 Å². The minimum atomic E-state index is -0.320. The van der Waals surface area contributed by atoms with Gasteiger partial charge in [-0.15, -0.1) is 0 Å². The van der Waals surface area contributed by atoms with Crippen LogP contribution in [0.15, 0.2) is 96.1 Å². The molecule has 6 nitrogen and oxygen atoms in total. The number of rotatable bonds is 11. The van der Waals surface area contributed by atoms with Crippen LogP contribution in [0, 0.1) is 6.92 Å². The van der Waals surface area contributed by atoms with Crippen LogP contribution in [0.4, 0.5) is 0 Å². The molecule has 38 heavy (non-hydrogen) atoms. The second-order valence-electron chi connectivity index (χ2n) is 8.55. The Kier molecular flexibility index (Phi) is 9.37. The highest BCUT2D eigenvalue weighted by Crippen LogP contribution is 2.29. The van der Waals surface area contributed by atoms with Crippen LogP contribution in [0.3, 0.4) is 0 Å². The molecule has 0 saturated heterocycles. The molecule has 0 saturated carbocycles. The lowest BCUT2D eigenvalue weighted by molar-refractivity contribution is 0.0955. The van der Waals surface area contributed by atoms with Gasteiger partial charge in [0.25, 0.3) is 5.91 Å². The number of amides is 1. The molecule has 7 heteroatoms. The van der Waals surface area contributed by atoms with E-state index in [1.54, 1.807) is 30.5 Å². The predicted octanol–water partition coefficient (Wildman–Crippen LogP) is 6.97. The van der Waals surface area contributed by atoms with Crippen molar-refractivity contribution in [2.75, 3.05) is 6.61 Å². The lowest BCUT2D eigenvalue weighted by Crippen LogP contribution is -2.17. The van der Waals surface area contributed by atoms with Gasteiger partial charge in [0.2, 0.25) is 0 Å². The van der Waals surface area contributed by atoms with Gasteiger partial charge in [0.15, 0.2) is 11.5 Å². The van der Waals surface area contributed by atoms with Crippen LogP contribution < -0.4 is 19.6 Å². The normalized spacial score (nSPS) is 10.8. The molecule has 0 atom stereocenters. The van der Waals surface area contributed by atoms with Crippen LogP contribution in [0.1, 0.15) is 39.5 Å². The first-order valence-electron chi connectivity index (χ1n) is 12.3. The SMILES string of the molecule is CCOc1cc(C=NNC(=O)c2ccc(OCc3ccc(C)cc3)cc2)ccc1OCc1ccc(Cl)cc1. The van der Waals surface area contributed by atoms with E-state index in [4.69, 9.17) is 25.8 Å². The molecule has 4 rings (SSSR count). The zero-order valence-corrected chi connectivity index (χ0v) is 22.1. The van der Waals surface area contributed by atoms with Crippen molar-refractivity contribution < 1.29 is 19.0 Å². The molecular formula is C31H29ClN2O4. The van der Waals surface area contributed by atoms with Gasteiger partial charge in [-0.1, -0.05) is 53.6 Å².